The lowest BCUT2D eigenvalue weighted by atomic mass is 10.1. The number of rotatable bonds is 5. The molecule has 0 radical (unpaired) electrons. The molecule has 0 aliphatic carbocycles. The zero-order chi connectivity index (χ0) is 12.9. The summed E-state index contributed by atoms with van der Waals surface area (Å²) in [6.07, 6.45) is 2.51. The molecule has 5 nitrogen and oxygen atoms in total. The molecule has 1 aliphatic rings. The van der Waals surface area contributed by atoms with Gasteiger partial charge in [-0.3, -0.25) is 4.90 Å². The van der Waals surface area contributed by atoms with E-state index in [0.29, 0.717) is 0 Å². The normalized spacial score (nSPS) is 17.1. The van der Waals surface area contributed by atoms with Crippen LogP contribution in [0.25, 0.3) is 11.1 Å². The van der Waals surface area contributed by atoms with Crippen LogP contribution in [0.3, 0.4) is 0 Å². The van der Waals surface area contributed by atoms with Crippen molar-refractivity contribution in [1.29, 1.82) is 0 Å². The van der Waals surface area contributed by atoms with Crippen molar-refractivity contribution in [1.82, 2.24) is 20.5 Å². The molecule has 3 rings (SSSR count). The lowest BCUT2D eigenvalue weighted by Gasteiger charge is -2.27. The summed E-state index contributed by atoms with van der Waals surface area (Å²) >= 11 is 0. The minimum Gasteiger partial charge on any atom is -0.443 e. The van der Waals surface area contributed by atoms with Crippen LogP contribution in [0.4, 0.5) is 0 Å². The highest BCUT2D eigenvalue weighted by Gasteiger charge is 2.08. The highest BCUT2D eigenvalue weighted by molar-refractivity contribution is 5.72. The Kier molecular flexibility index (Phi) is 4.07. The number of benzene rings is 1. The minimum atomic E-state index is 0.875. The summed E-state index contributed by atoms with van der Waals surface area (Å²) in [5.41, 5.74) is 3.09. The van der Waals surface area contributed by atoms with E-state index in [9.17, 15) is 0 Å². The van der Waals surface area contributed by atoms with E-state index in [0.717, 1.165) is 56.9 Å². The van der Waals surface area contributed by atoms with Crippen LogP contribution in [0.5, 0.6) is 0 Å². The molecule has 102 valence electrons. The SMILES string of the molecule is c1nc2ccc(CCNCN3CCNCC3)cc2o1. The van der Waals surface area contributed by atoms with E-state index >= 15 is 0 Å². The van der Waals surface area contributed by atoms with Crippen LogP contribution in [-0.4, -0.2) is 49.3 Å². The van der Waals surface area contributed by atoms with Gasteiger partial charge in [0.05, 0.1) is 0 Å². The molecule has 1 fully saturated rings. The first-order chi connectivity index (χ1) is 9.42. The molecule has 1 saturated heterocycles. The van der Waals surface area contributed by atoms with Gasteiger partial charge in [0.25, 0.3) is 0 Å². The fourth-order valence-electron chi connectivity index (χ4n) is 2.39. The number of piperazine rings is 1. The fraction of sp³-hybridized carbons (Fsp3) is 0.500. The fourth-order valence-corrected chi connectivity index (χ4v) is 2.39. The second kappa shape index (κ2) is 6.14. The Hall–Kier alpha value is -1.43. The highest BCUT2D eigenvalue weighted by Crippen LogP contribution is 2.14. The second-order valence-electron chi connectivity index (χ2n) is 4.93. The Morgan fingerprint density at radius 3 is 3.11 bits per heavy atom. The van der Waals surface area contributed by atoms with E-state index in [4.69, 9.17) is 4.42 Å². The van der Waals surface area contributed by atoms with E-state index in [1.165, 1.54) is 12.0 Å². The van der Waals surface area contributed by atoms with Crippen molar-refractivity contribution in [2.75, 3.05) is 39.4 Å². The molecule has 0 atom stereocenters. The average molecular weight is 260 g/mol. The largest absolute Gasteiger partial charge is 0.443 e. The predicted molar refractivity (Wildman–Crippen MR) is 75.0 cm³/mol. The van der Waals surface area contributed by atoms with Crippen LogP contribution in [0.2, 0.25) is 0 Å². The minimum absolute atomic E-state index is 0.875. The van der Waals surface area contributed by atoms with Gasteiger partial charge in [-0.05, 0) is 24.1 Å². The van der Waals surface area contributed by atoms with E-state index in [-0.39, 0.29) is 0 Å². The van der Waals surface area contributed by atoms with E-state index < -0.39 is 0 Å². The number of oxazole rings is 1. The van der Waals surface area contributed by atoms with Gasteiger partial charge in [0.2, 0.25) is 0 Å². The van der Waals surface area contributed by atoms with Gasteiger partial charge in [0, 0.05) is 39.4 Å². The monoisotopic (exact) mass is 260 g/mol. The maximum absolute atomic E-state index is 5.31. The molecule has 2 aromatic rings. The van der Waals surface area contributed by atoms with Crippen molar-refractivity contribution < 1.29 is 4.42 Å². The van der Waals surface area contributed by atoms with Gasteiger partial charge in [-0.2, -0.15) is 0 Å². The van der Waals surface area contributed by atoms with Crippen LogP contribution >= 0.6 is 0 Å². The predicted octanol–water partition coefficient (Wildman–Crippen LogP) is 0.823. The lowest BCUT2D eigenvalue weighted by Crippen LogP contribution is -2.47. The maximum atomic E-state index is 5.31. The molecule has 1 aromatic heterocycles. The van der Waals surface area contributed by atoms with Crippen molar-refractivity contribution in [3.05, 3.63) is 30.2 Å². The topological polar surface area (TPSA) is 53.3 Å². The second-order valence-corrected chi connectivity index (χ2v) is 4.93. The standard InChI is InChI=1S/C14H20N4O/c1-2-13-14(19-11-17-13)9-12(1)3-4-16-10-18-7-5-15-6-8-18/h1-2,9,11,15-16H,3-8,10H2. The van der Waals surface area contributed by atoms with E-state index in [2.05, 4.69) is 32.7 Å². The third-order valence-corrected chi connectivity index (χ3v) is 3.53. The molecule has 0 saturated carbocycles. The van der Waals surface area contributed by atoms with Crippen molar-refractivity contribution in [2.45, 2.75) is 6.42 Å². The molecule has 19 heavy (non-hydrogen) atoms. The van der Waals surface area contributed by atoms with Crippen LogP contribution in [0.1, 0.15) is 5.56 Å². The van der Waals surface area contributed by atoms with Gasteiger partial charge in [0.1, 0.15) is 5.52 Å². The van der Waals surface area contributed by atoms with Crippen LogP contribution in [-0.2, 0) is 6.42 Å². The Labute approximate surface area is 113 Å². The summed E-state index contributed by atoms with van der Waals surface area (Å²) in [5.74, 6) is 0. The Morgan fingerprint density at radius 1 is 1.32 bits per heavy atom. The van der Waals surface area contributed by atoms with Gasteiger partial charge in [-0.15, -0.1) is 0 Å². The smallest absolute Gasteiger partial charge is 0.181 e. The number of hydrogen-bond acceptors (Lipinski definition) is 5. The van der Waals surface area contributed by atoms with Crippen molar-refractivity contribution in [2.24, 2.45) is 0 Å². The number of nitrogens with one attached hydrogen (secondary N) is 2. The third-order valence-electron chi connectivity index (χ3n) is 3.53. The Balaban J connectivity index is 1.43. The van der Waals surface area contributed by atoms with Gasteiger partial charge < -0.3 is 15.1 Å². The summed E-state index contributed by atoms with van der Waals surface area (Å²) < 4.78 is 5.31. The first-order valence-electron chi connectivity index (χ1n) is 6.88. The van der Waals surface area contributed by atoms with Gasteiger partial charge in [0.15, 0.2) is 12.0 Å². The summed E-state index contributed by atoms with van der Waals surface area (Å²) in [4.78, 5) is 6.56. The van der Waals surface area contributed by atoms with Gasteiger partial charge in [-0.1, -0.05) is 6.07 Å². The van der Waals surface area contributed by atoms with E-state index in [1.807, 2.05) is 6.07 Å². The molecule has 0 spiro atoms. The van der Waals surface area contributed by atoms with Crippen LogP contribution in [0.15, 0.2) is 29.0 Å². The summed E-state index contributed by atoms with van der Waals surface area (Å²) in [6.45, 7) is 6.44. The average Bonchev–Trinajstić information content (AvgIpc) is 2.92. The molecule has 0 unspecified atom stereocenters. The van der Waals surface area contributed by atoms with Crippen LogP contribution in [0, 0.1) is 0 Å². The Bertz CT molecular complexity index is 519. The zero-order valence-electron chi connectivity index (χ0n) is 11.1. The summed E-state index contributed by atoms with van der Waals surface area (Å²) in [6, 6.07) is 6.22. The van der Waals surface area contributed by atoms with Crippen LogP contribution < -0.4 is 10.6 Å². The van der Waals surface area contributed by atoms with Gasteiger partial charge in [-0.25, -0.2) is 4.98 Å². The van der Waals surface area contributed by atoms with Gasteiger partial charge >= 0.3 is 0 Å². The first kappa shape index (κ1) is 12.6. The molecule has 2 N–H and O–H groups in total. The number of aromatic nitrogens is 1. The van der Waals surface area contributed by atoms with E-state index in [1.54, 1.807) is 0 Å². The zero-order valence-corrected chi connectivity index (χ0v) is 11.1. The summed E-state index contributed by atoms with van der Waals surface area (Å²) in [7, 11) is 0. The molecular weight excluding hydrogens is 240 g/mol. The lowest BCUT2D eigenvalue weighted by molar-refractivity contribution is 0.224. The molecule has 2 heterocycles. The third kappa shape index (κ3) is 3.32. The van der Waals surface area contributed by atoms with Crippen molar-refractivity contribution in [3.63, 3.8) is 0 Å². The highest BCUT2D eigenvalue weighted by atomic mass is 16.3. The molecular formula is C14H20N4O. The molecule has 1 aromatic carbocycles. The molecule has 0 amide bonds. The van der Waals surface area contributed by atoms with Crippen molar-refractivity contribution in [3.8, 4) is 0 Å². The molecule has 1 aliphatic heterocycles. The summed E-state index contributed by atoms with van der Waals surface area (Å²) in [5, 5.41) is 6.86. The molecule has 5 heteroatoms. The maximum Gasteiger partial charge on any atom is 0.181 e. The number of hydrogen-bond donors (Lipinski definition) is 2. The van der Waals surface area contributed by atoms with Crippen molar-refractivity contribution >= 4 is 11.1 Å². The quantitative estimate of drug-likeness (QED) is 0.780. The Morgan fingerprint density at radius 2 is 2.21 bits per heavy atom. The molecule has 0 bridgehead atoms. The number of fused-ring (bicyclic) bond motifs is 1. The first-order valence-corrected chi connectivity index (χ1v) is 6.88. The number of nitrogens with zero attached hydrogens (tertiary/aromatic N) is 2.